The molecule has 0 spiro atoms. The third-order valence-electron chi connectivity index (χ3n) is 14.5. The van der Waals surface area contributed by atoms with Gasteiger partial charge in [-0.3, -0.25) is 14.4 Å². The first-order chi connectivity index (χ1) is 37.5. The van der Waals surface area contributed by atoms with Crippen molar-refractivity contribution < 1.29 is 28.6 Å². The van der Waals surface area contributed by atoms with Crippen LogP contribution in [0, 0.1) is 0 Å². The molecule has 0 heterocycles. The zero-order chi connectivity index (χ0) is 55.0. The van der Waals surface area contributed by atoms with Crippen LogP contribution in [0.2, 0.25) is 0 Å². The van der Waals surface area contributed by atoms with E-state index in [1.807, 2.05) is 6.08 Å². The minimum Gasteiger partial charge on any atom is -0.462 e. The molecule has 440 valence electrons. The van der Waals surface area contributed by atoms with E-state index in [1.54, 1.807) is 0 Å². The van der Waals surface area contributed by atoms with E-state index in [4.69, 9.17) is 14.2 Å². The predicted octanol–water partition coefficient (Wildman–Crippen LogP) is 22.5. The van der Waals surface area contributed by atoms with Crippen molar-refractivity contribution in [3.63, 3.8) is 0 Å². The van der Waals surface area contributed by atoms with Crippen molar-refractivity contribution in [2.45, 2.75) is 341 Å². The van der Waals surface area contributed by atoms with E-state index >= 15 is 0 Å². The Hall–Kier alpha value is -3.15. The van der Waals surface area contributed by atoms with Crippen molar-refractivity contribution in [3.8, 4) is 0 Å². The van der Waals surface area contributed by atoms with Gasteiger partial charge in [-0.25, -0.2) is 0 Å². The second kappa shape index (κ2) is 64.4. The fourth-order valence-electron chi connectivity index (χ4n) is 9.55. The molecule has 0 aliphatic heterocycles. The Bertz CT molecular complexity index is 1400. The largest absolute Gasteiger partial charge is 0.462 e. The topological polar surface area (TPSA) is 78.9 Å². The average Bonchev–Trinajstić information content (AvgIpc) is 3.42. The predicted molar refractivity (Wildman–Crippen MR) is 330 cm³/mol. The number of hydrogen-bond acceptors (Lipinski definition) is 6. The fraction of sp³-hybridized carbons (Fsp3) is 0.786. The maximum atomic E-state index is 12.9. The summed E-state index contributed by atoms with van der Waals surface area (Å²) in [4.78, 5) is 38.2. The molecule has 76 heavy (non-hydrogen) atoms. The number of unbranched alkanes of at least 4 members (excludes halogenated alkanes) is 37. The third kappa shape index (κ3) is 61.7. The van der Waals surface area contributed by atoms with Crippen LogP contribution in [-0.4, -0.2) is 37.2 Å². The molecule has 6 heteroatoms. The van der Waals surface area contributed by atoms with Crippen LogP contribution in [0.25, 0.3) is 0 Å². The molecule has 0 bridgehead atoms. The fourth-order valence-corrected chi connectivity index (χ4v) is 9.55. The zero-order valence-corrected chi connectivity index (χ0v) is 50.5. The molecule has 0 fully saturated rings. The lowest BCUT2D eigenvalue weighted by atomic mass is 10.0. The molecule has 0 aliphatic carbocycles. The Morgan fingerprint density at radius 3 is 0.882 bits per heavy atom. The number of allylic oxidation sites excluding steroid dienone is 12. The lowest BCUT2D eigenvalue weighted by Gasteiger charge is -2.18. The second-order valence-corrected chi connectivity index (χ2v) is 22.0. The van der Waals surface area contributed by atoms with E-state index in [0.717, 1.165) is 70.6 Å². The van der Waals surface area contributed by atoms with E-state index < -0.39 is 6.10 Å². The molecule has 1 unspecified atom stereocenters. The monoisotopic (exact) mass is 1060 g/mol. The van der Waals surface area contributed by atoms with Crippen LogP contribution in [0.1, 0.15) is 335 Å². The molecule has 0 aromatic heterocycles. The third-order valence-corrected chi connectivity index (χ3v) is 14.5. The molecule has 0 N–H and O–H groups in total. The van der Waals surface area contributed by atoms with Crippen LogP contribution in [-0.2, 0) is 28.6 Å². The van der Waals surface area contributed by atoms with Crippen LogP contribution >= 0.6 is 0 Å². The van der Waals surface area contributed by atoms with Crippen LogP contribution in [0.3, 0.4) is 0 Å². The lowest BCUT2D eigenvalue weighted by molar-refractivity contribution is -0.166. The molecule has 0 saturated carbocycles. The van der Waals surface area contributed by atoms with Gasteiger partial charge in [0, 0.05) is 19.3 Å². The summed E-state index contributed by atoms with van der Waals surface area (Å²) in [7, 11) is 0. The Morgan fingerprint density at radius 2 is 0.539 bits per heavy atom. The lowest BCUT2D eigenvalue weighted by Crippen LogP contribution is -2.30. The maximum Gasteiger partial charge on any atom is 0.306 e. The number of ether oxygens (including phenoxy) is 3. The summed E-state index contributed by atoms with van der Waals surface area (Å²) in [6, 6.07) is 0. The molecule has 0 saturated heterocycles. The van der Waals surface area contributed by atoms with Gasteiger partial charge in [0.25, 0.3) is 0 Å². The summed E-state index contributed by atoms with van der Waals surface area (Å²) in [5.74, 6) is -0.961. The molecular weight excluding hydrogens is 937 g/mol. The zero-order valence-electron chi connectivity index (χ0n) is 50.5. The summed E-state index contributed by atoms with van der Waals surface area (Å²) in [5, 5.41) is 0. The van der Waals surface area contributed by atoms with E-state index in [1.165, 1.54) is 218 Å². The quantitative estimate of drug-likeness (QED) is 0.0261. The van der Waals surface area contributed by atoms with Gasteiger partial charge in [0.05, 0.1) is 0 Å². The number of carbonyl (C=O) groups is 3. The summed E-state index contributed by atoms with van der Waals surface area (Å²) < 4.78 is 16.9. The summed E-state index contributed by atoms with van der Waals surface area (Å²) >= 11 is 0. The van der Waals surface area contributed by atoms with Gasteiger partial charge in [-0.15, -0.1) is 0 Å². The van der Waals surface area contributed by atoms with Gasteiger partial charge < -0.3 is 14.2 Å². The normalized spacial score (nSPS) is 12.5. The molecule has 0 rings (SSSR count). The van der Waals surface area contributed by atoms with Gasteiger partial charge in [0.2, 0.25) is 0 Å². The number of esters is 3. The highest BCUT2D eigenvalue weighted by Gasteiger charge is 2.19. The molecule has 6 nitrogen and oxygen atoms in total. The summed E-state index contributed by atoms with van der Waals surface area (Å²) in [6.45, 7) is 6.49. The molecule has 1 atom stereocenters. The first kappa shape index (κ1) is 72.8. The highest BCUT2D eigenvalue weighted by atomic mass is 16.6. The first-order valence-corrected chi connectivity index (χ1v) is 32.9. The van der Waals surface area contributed by atoms with Gasteiger partial charge in [0.1, 0.15) is 13.2 Å². The molecule has 0 aromatic carbocycles. The van der Waals surface area contributed by atoms with Crippen LogP contribution in [0.5, 0.6) is 0 Å². The number of hydrogen-bond donors (Lipinski definition) is 0. The minimum atomic E-state index is -0.802. The van der Waals surface area contributed by atoms with Crippen LogP contribution in [0.15, 0.2) is 72.9 Å². The Labute approximate surface area is 472 Å². The Kier molecular flexibility index (Phi) is 61.7. The van der Waals surface area contributed by atoms with E-state index in [0.29, 0.717) is 19.3 Å². The van der Waals surface area contributed by atoms with Gasteiger partial charge in [-0.2, -0.15) is 0 Å². The average molecular weight is 1060 g/mol. The van der Waals surface area contributed by atoms with E-state index in [9.17, 15) is 14.4 Å². The SMILES string of the molecule is CC/C=C\C/C=C\C/C=C\C/C=C\CCC(=O)OCC(COC(=O)CCCCCCCCCCCCCCCCCCC/C=C\C/C=C\CCCCCCC)OC(=O)CCCCCCCCCCCCCCCCCC. The molecule has 0 amide bonds. The highest BCUT2D eigenvalue weighted by Crippen LogP contribution is 2.17. The van der Waals surface area contributed by atoms with Crippen molar-refractivity contribution in [2.24, 2.45) is 0 Å². The van der Waals surface area contributed by atoms with Crippen molar-refractivity contribution in [1.82, 2.24) is 0 Å². The van der Waals surface area contributed by atoms with E-state index in [-0.39, 0.29) is 37.5 Å². The number of carbonyl (C=O) groups excluding carboxylic acids is 3. The van der Waals surface area contributed by atoms with Gasteiger partial charge in [0.15, 0.2) is 6.10 Å². The second-order valence-electron chi connectivity index (χ2n) is 22.0. The van der Waals surface area contributed by atoms with Crippen molar-refractivity contribution in [2.75, 3.05) is 13.2 Å². The standard InChI is InChI=1S/C70H124O6/c1-4-7-10-13-16-19-22-25-27-29-30-31-32-33-34-35-36-37-38-39-40-41-43-45-48-51-54-57-60-63-69(72)75-66-67(65-74-68(71)62-59-56-53-50-47-44-24-21-18-15-12-9-6-3)76-70(73)64-61-58-55-52-49-46-42-28-26-23-20-17-14-11-8-5-2/h9,12,18,21-22,25,29-30,44,47,53,56,67H,4-8,10-11,13-17,19-20,23-24,26-28,31-43,45-46,48-52,54-55,57-66H2,1-3H3/b12-9-,21-18-,25-22-,30-29-,47-44-,56-53-. The van der Waals surface area contributed by atoms with Crippen LogP contribution in [0.4, 0.5) is 0 Å². The van der Waals surface area contributed by atoms with E-state index in [2.05, 4.69) is 87.6 Å². The smallest absolute Gasteiger partial charge is 0.306 e. The van der Waals surface area contributed by atoms with Crippen molar-refractivity contribution >= 4 is 17.9 Å². The summed E-state index contributed by atoms with van der Waals surface area (Å²) in [6.07, 6.45) is 83.7. The number of rotatable bonds is 60. The molecule has 0 aliphatic rings. The molecule has 0 radical (unpaired) electrons. The highest BCUT2D eigenvalue weighted by molar-refractivity contribution is 5.71. The maximum absolute atomic E-state index is 12.9. The van der Waals surface area contributed by atoms with Crippen molar-refractivity contribution in [3.05, 3.63) is 72.9 Å². The van der Waals surface area contributed by atoms with Gasteiger partial charge >= 0.3 is 17.9 Å². The van der Waals surface area contributed by atoms with Gasteiger partial charge in [-0.05, 0) is 77.0 Å². The minimum absolute atomic E-state index is 0.0933. The van der Waals surface area contributed by atoms with Crippen molar-refractivity contribution in [1.29, 1.82) is 0 Å². The van der Waals surface area contributed by atoms with Crippen LogP contribution < -0.4 is 0 Å². The van der Waals surface area contributed by atoms with Gasteiger partial charge in [-0.1, -0.05) is 312 Å². The summed E-state index contributed by atoms with van der Waals surface area (Å²) in [5.41, 5.74) is 0. The Morgan fingerprint density at radius 1 is 0.276 bits per heavy atom. The molecule has 0 aromatic rings. The molecular formula is C70H124O6. The first-order valence-electron chi connectivity index (χ1n) is 32.9. The Balaban J connectivity index is 4.22.